The minimum atomic E-state index is -0.197. The van der Waals surface area contributed by atoms with E-state index in [9.17, 15) is 9.59 Å². The van der Waals surface area contributed by atoms with Crippen molar-refractivity contribution in [1.29, 1.82) is 0 Å². The molecule has 1 saturated heterocycles. The zero-order chi connectivity index (χ0) is 18.6. The highest BCUT2D eigenvalue weighted by molar-refractivity contribution is 5.94. The number of aromatic nitrogens is 1. The Hall–Kier alpha value is -3.35. The molecule has 0 spiro atoms. The van der Waals surface area contributed by atoms with Crippen LogP contribution in [0.4, 0.5) is 0 Å². The van der Waals surface area contributed by atoms with Crippen molar-refractivity contribution < 1.29 is 18.4 Å². The fourth-order valence-corrected chi connectivity index (χ4v) is 3.15. The van der Waals surface area contributed by atoms with E-state index in [1.807, 2.05) is 24.3 Å². The fraction of sp³-hybridized carbons (Fsp3) is 0.250. The zero-order valence-corrected chi connectivity index (χ0v) is 14.6. The highest BCUT2D eigenvalue weighted by Crippen LogP contribution is 2.16. The lowest BCUT2D eigenvalue weighted by Crippen LogP contribution is -2.46. The van der Waals surface area contributed by atoms with Gasteiger partial charge in [-0.05, 0) is 31.0 Å². The quantitative estimate of drug-likeness (QED) is 0.718. The van der Waals surface area contributed by atoms with Crippen molar-refractivity contribution in [1.82, 2.24) is 15.2 Å². The molecule has 0 atom stereocenters. The van der Waals surface area contributed by atoms with Crippen LogP contribution >= 0.6 is 0 Å². The maximum absolute atomic E-state index is 12.3. The molecule has 1 aromatic carbocycles. The third kappa shape index (κ3) is 3.92. The maximum Gasteiger partial charge on any atom is 0.257 e. The number of nitrogens with zero attached hydrogens (tertiary/aromatic N) is 2. The first kappa shape index (κ1) is 17.1. The molecule has 0 radical (unpaired) electrons. The molecule has 1 aliphatic heterocycles. The number of fused-ring (bicyclic) bond motifs is 1. The highest BCUT2D eigenvalue weighted by atomic mass is 16.3. The SMILES string of the molecule is O=C(/C=C/c1nc2ccccc2o1)NC1CCN(C(=O)c2ccoc2)CC1. The standard InChI is InChI=1S/C20H19N3O4/c24-18(5-6-19-22-16-3-1-2-4-17(16)27-19)21-15-7-10-23(11-8-15)20(25)14-9-12-26-13-14/h1-6,9,12-13,15H,7-8,10-11H2,(H,21,24)/b6-5+. The van der Waals surface area contributed by atoms with E-state index in [0.717, 1.165) is 5.52 Å². The molecule has 2 amide bonds. The van der Waals surface area contributed by atoms with Gasteiger partial charge in [-0.1, -0.05) is 12.1 Å². The summed E-state index contributed by atoms with van der Waals surface area (Å²) >= 11 is 0. The Bertz CT molecular complexity index is 933. The minimum absolute atomic E-state index is 0.0376. The summed E-state index contributed by atoms with van der Waals surface area (Å²) in [6.45, 7) is 1.20. The number of hydrogen-bond acceptors (Lipinski definition) is 5. The number of benzene rings is 1. The lowest BCUT2D eigenvalue weighted by Gasteiger charge is -2.32. The minimum Gasteiger partial charge on any atom is -0.472 e. The van der Waals surface area contributed by atoms with Crippen molar-refractivity contribution >= 4 is 29.0 Å². The number of furan rings is 1. The van der Waals surface area contributed by atoms with Gasteiger partial charge in [0, 0.05) is 31.3 Å². The molecule has 27 heavy (non-hydrogen) atoms. The number of hydrogen-bond donors (Lipinski definition) is 1. The molecule has 7 nitrogen and oxygen atoms in total. The molecule has 1 N–H and O–H groups in total. The third-order valence-electron chi connectivity index (χ3n) is 4.58. The molecule has 0 unspecified atom stereocenters. The number of piperidine rings is 1. The van der Waals surface area contributed by atoms with Crippen molar-refractivity contribution in [2.45, 2.75) is 18.9 Å². The van der Waals surface area contributed by atoms with Crippen molar-refractivity contribution in [2.24, 2.45) is 0 Å². The predicted octanol–water partition coefficient (Wildman–Crippen LogP) is 2.86. The summed E-state index contributed by atoms with van der Waals surface area (Å²) in [4.78, 5) is 30.5. The number of likely N-dealkylation sites (tertiary alicyclic amines) is 1. The molecule has 3 heterocycles. The summed E-state index contributed by atoms with van der Waals surface area (Å²) < 4.78 is 10.5. The zero-order valence-electron chi connectivity index (χ0n) is 14.6. The Morgan fingerprint density at radius 3 is 2.74 bits per heavy atom. The van der Waals surface area contributed by atoms with Gasteiger partial charge < -0.3 is 19.1 Å². The second-order valence-electron chi connectivity index (χ2n) is 6.44. The molecule has 0 saturated carbocycles. The summed E-state index contributed by atoms with van der Waals surface area (Å²) in [5.41, 5.74) is 2.00. The van der Waals surface area contributed by atoms with Crippen molar-refractivity contribution in [2.75, 3.05) is 13.1 Å². The topological polar surface area (TPSA) is 88.6 Å². The van der Waals surface area contributed by atoms with E-state index < -0.39 is 0 Å². The molecule has 3 aromatic rings. The van der Waals surface area contributed by atoms with E-state index in [0.29, 0.717) is 43.0 Å². The second-order valence-corrected chi connectivity index (χ2v) is 6.44. The molecule has 1 aliphatic rings. The van der Waals surface area contributed by atoms with Gasteiger partial charge in [0.25, 0.3) is 5.91 Å². The Kier molecular flexibility index (Phi) is 4.74. The van der Waals surface area contributed by atoms with E-state index in [1.165, 1.54) is 18.6 Å². The normalized spacial score (nSPS) is 15.5. The first-order valence-electron chi connectivity index (χ1n) is 8.85. The van der Waals surface area contributed by atoms with Crippen molar-refractivity contribution in [3.63, 3.8) is 0 Å². The summed E-state index contributed by atoms with van der Waals surface area (Å²) in [5.74, 6) is 0.160. The smallest absolute Gasteiger partial charge is 0.257 e. The van der Waals surface area contributed by atoms with Gasteiger partial charge in [-0.15, -0.1) is 0 Å². The van der Waals surface area contributed by atoms with Gasteiger partial charge in [0.05, 0.1) is 11.8 Å². The number of amides is 2. The first-order chi connectivity index (χ1) is 13.2. The molecule has 138 valence electrons. The van der Waals surface area contributed by atoms with Crippen LogP contribution < -0.4 is 5.32 Å². The number of nitrogens with one attached hydrogen (secondary N) is 1. The number of oxazole rings is 1. The molecular weight excluding hydrogens is 346 g/mol. The molecule has 1 fully saturated rings. The largest absolute Gasteiger partial charge is 0.472 e. The molecule has 2 aromatic heterocycles. The van der Waals surface area contributed by atoms with E-state index in [4.69, 9.17) is 8.83 Å². The van der Waals surface area contributed by atoms with Gasteiger partial charge in [0.2, 0.25) is 11.8 Å². The lowest BCUT2D eigenvalue weighted by molar-refractivity contribution is -0.117. The summed E-state index contributed by atoms with van der Waals surface area (Å²) in [6, 6.07) is 9.14. The van der Waals surface area contributed by atoms with E-state index in [1.54, 1.807) is 17.0 Å². The van der Waals surface area contributed by atoms with Crippen molar-refractivity contribution in [3.8, 4) is 0 Å². The molecule has 0 bridgehead atoms. The van der Waals surface area contributed by atoms with E-state index >= 15 is 0 Å². The summed E-state index contributed by atoms with van der Waals surface area (Å²) in [6.07, 6.45) is 7.36. The fourth-order valence-electron chi connectivity index (χ4n) is 3.15. The highest BCUT2D eigenvalue weighted by Gasteiger charge is 2.24. The van der Waals surface area contributed by atoms with Crippen LogP contribution in [0.25, 0.3) is 17.2 Å². The van der Waals surface area contributed by atoms with Crippen LogP contribution in [0, 0.1) is 0 Å². The van der Waals surface area contributed by atoms with Gasteiger partial charge in [-0.3, -0.25) is 9.59 Å². The summed E-state index contributed by atoms with van der Waals surface area (Å²) in [7, 11) is 0. The van der Waals surface area contributed by atoms with E-state index in [-0.39, 0.29) is 17.9 Å². The van der Waals surface area contributed by atoms with E-state index in [2.05, 4.69) is 10.3 Å². The second kappa shape index (κ2) is 7.49. The Morgan fingerprint density at radius 1 is 1.19 bits per heavy atom. The predicted molar refractivity (Wildman–Crippen MR) is 98.8 cm³/mol. The summed E-state index contributed by atoms with van der Waals surface area (Å²) in [5, 5.41) is 2.97. The Balaban J connectivity index is 1.28. The van der Waals surface area contributed by atoms with Gasteiger partial charge in [0.15, 0.2) is 5.58 Å². The number of carbonyl (C=O) groups is 2. The van der Waals surface area contributed by atoms with Crippen LogP contribution in [-0.2, 0) is 4.79 Å². The van der Waals surface area contributed by atoms with Crippen LogP contribution in [0.3, 0.4) is 0 Å². The monoisotopic (exact) mass is 365 g/mol. The maximum atomic E-state index is 12.3. The van der Waals surface area contributed by atoms with Crippen LogP contribution in [0.2, 0.25) is 0 Å². The molecule has 0 aliphatic carbocycles. The molecule has 7 heteroatoms. The Labute approximate surface area is 155 Å². The van der Waals surface area contributed by atoms with Gasteiger partial charge in [-0.25, -0.2) is 4.98 Å². The van der Waals surface area contributed by atoms with Crippen LogP contribution in [0.1, 0.15) is 29.1 Å². The Morgan fingerprint density at radius 2 is 2.00 bits per heavy atom. The van der Waals surface area contributed by atoms with Crippen molar-refractivity contribution in [3.05, 3.63) is 60.4 Å². The average Bonchev–Trinajstić information content (AvgIpc) is 3.36. The number of rotatable bonds is 4. The lowest BCUT2D eigenvalue weighted by atomic mass is 10.0. The van der Waals surface area contributed by atoms with Gasteiger partial charge in [0.1, 0.15) is 11.8 Å². The molecule has 4 rings (SSSR count). The third-order valence-corrected chi connectivity index (χ3v) is 4.58. The first-order valence-corrected chi connectivity index (χ1v) is 8.85. The number of carbonyl (C=O) groups excluding carboxylic acids is 2. The molecular formula is C20H19N3O4. The number of para-hydroxylation sites is 2. The van der Waals surface area contributed by atoms with Crippen LogP contribution in [0.15, 0.2) is 57.8 Å². The van der Waals surface area contributed by atoms with Gasteiger partial charge in [-0.2, -0.15) is 0 Å². The average molecular weight is 365 g/mol. The van der Waals surface area contributed by atoms with Crippen LogP contribution in [-0.4, -0.2) is 40.8 Å². The van der Waals surface area contributed by atoms with Gasteiger partial charge >= 0.3 is 0 Å². The van der Waals surface area contributed by atoms with Crippen LogP contribution in [0.5, 0.6) is 0 Å².